The summed E-state index contributed by atoms with van der Waals surface area (Å²) in [7, 11) is 0. The molecule has 0 aliphatic carbocycles. The lowest BCUT2D eigenvalue weighted by molar-refractivity contribution is 0.0795. The number of nitrogens with two attached hydrogens (primary N) is 1. The van der Waals surface area contributed by atoms with E-state index >= 15 is 0 Å². The Balaban J connectivity index is 1.57. The molecular weight excluding hydrogens is 378 g/mol. The highest BCUT2D eigenvalue weighted by Gasteiger charge is 2.27. The number of aryl methyl sites for hydroxylation is 1. The number of nitrogens with zero attached hydrogens (tertiary/aromatic N) is 1. The molecule has 144 valence electrons. The van der Waals surface area contributed by atoms with E-state index < -0.39 is 0 Å². The standard InChI is InChI=1S/C21H26ClN3OS/c1-13-10-19(27-20(13)21(26)25-9-6-16(23)12-25)15-2-3-17(18(22)11-15)14-4-7-24-8-5-14/h2-3,10-11,14,16,24H,4-9,12,23H2,1H3/t16-/m0/s1. The number of benzene rings is 1. The molecule has 0 spiro atoms. The fraction of sp³-hybridized carbons (Fsp3) is 0.476. The number of piperidine rings is 1. The minimum Gasteiger partial charge on any atom is -0.336 e. The largest absolute Gasteiger partial charge is 0.336 e. The normalized spacial score (nSPS) is 21.0. The van der Waals surface area contributed by atoms with Crippen molar-refractivity contribution in [3.8, 4) is 10.4 Å². The second kappa shape index (κ2) is 7.92. The Hall–Kier alpha value is -1.40. The Morgan fingerprint density at radius 1 is 1.26 bits per heavy atom. The average Bonchev–Trinajstić information content (AvgIpc) is 3.28. The van der Waals surface area contributed by atoms with Gasteiger partial charge in [0, 0.05) is 29.0 Å². The van der Waals surface area contributed by atoms with E-state index in [0.717, 1.165) is 64.8 Å². The van der Waals surface area contributed by atoms with Crippen molar-refractivity contribution in [3.05, 3.63) is 45.3 Å². The van der Waals surface area contributed by atoms with Gasteiger partial charge in [0.1, 0.15) is 0 Å². The van der Waals surface area contributed by atoms with Crippen molar-refractivity contribution < 1.29 is 4.79 Å². The van der Waals surface area contributed by atoms with Crippen molar-refractivity contribution in [2.24, 2.45) is 5.73 Å². The molecular formula is C21H26ClN3OS. The van der Waals surface area contributed by atoms with Crippen LogP contribution in [-0.2, 0) is 0 Å². The van der Waals surface area contributed by atoms with Crippen LogP contribution in [-0.4, -0.2) is 43.0 Å². The summed E-state index contributed by atoms with van der Waals surface area (Å²) in [5.41, 5.74) is 9.32. The van der Waals surface area contributed by atoms with Crippen LogP contribution in [0, 0.1) is 6.92 Å². The van der Waals surface area contributed by atoms with Crippen molar-refractivity contribution in [1.82, 2.24) is 10.2 Å². The maximum atomic E-state index is 12.8. The monoisotopic (exact) mass is 403 g/mol. The van der Waals surface area contributed by atoms with Crippen LogP contribution in [0.5, 0.6) is 0 Å². The average molecular weight is 404 g/mol. The van der Waals surface area contributed by atoms with Crippen LogP contribution >= 0.6 is 22.9 Å². The molecule has 27 heavy (non-hydrogen) atoms. The van der Waals surface area contributed by atoms with Gasteiger partial charge in [-0.3, -0.25) is 4.79 Å². The first-order valence-electron chi connectivity index (χ1n) is 9.68. The van der Waals surface area contributed by atoms with Crippen LogP contribution in [0.3, 0.4) is 0 Å². The van der Waals surface area contributed by atoms with Gasteiger partial charge in [0.05, 0.1) is 4.88 Å². The molecule has 2 saturated heterocycles. The molecule has 3 heterocycles. The van der Waals surface area contributed by atoms with E-state index in [0.29, 0.717) is 12.5 Å². The number of nitrogens with one attached hydrogen (secondary N) is 1. The zero-order chi connectivity index (χ0) is 19.0. The molecule has 1 aromatic heterocycles. The third-order valence-electron chi connectivity index (χ3n) is 5.69. The van der Waals surface area contributed by atoms with Gasteiger partial charge in [0.15, 0.2) is 0 Å². The summed E-state index contributed by atoms with van der Waals surface area (Å²) >= 11 is 8.19. The number of amides is 1. The third-order valence-corrected chi connectivity index (χ3v) is 7.29. The van der Waals surface area contributed by atoms with Gasteiger partial charge in [-0.1, -0.05) is 23.7 Å². The predicted octanol–water partition coefficient (Wildman–Crippen LogP) is 4.02. The number of likely N-dealkylation sites (tertiary alicyclic amines) is 1. The fourth-order valence-corrected chi connectivity index (χ4v) is 5.57. The first-order valence-corrected chi connectivity index (χ1v) is 10.9. The summed E-state index contributed by atoms with van der Waals surface area (Å²) < 4.78 is 0. The van der Waals surface area contributed by atoms with E-state index in [4.69, 9.17) is 17.3 Å². The molecule has 0 saturated carbocycles. The molecule has 1 aromatic carbocycles. The highest BCUT2D eigenvalue weighted by molar-refractivity contribution is 7.17. The van der Waals surface area contributed by atoms with Crippen molar-refractivity contribution in [3.63, 3.8) is 0 Å². The molecule has 2 fully saturated rings. The Bertz CT molecular complexity index is 844. The Morgan fingerprint density at radius 2 is 2.04 bits per heavy atom. The van der Waals surface area contributed by atoms with Crippen LogP contribution in [0.15, 0.2) is 24.3 Å². The van der Waals surface area contributed by atoms with Crippen molar-refractivity contribution in [2.75, 3.05) is 26.2 Å². The summed E-state index contributed by atoms with van der Waals surface area (Å²) in [6, 6.07) is 8.58. The predicted molar refractivity (Wildman–Crippen MR) is 113 cm³/mol. The minimum absolute atomic E-state index is 0.106. The highest BCUT2D eigenvalue weighted by Crippen LogP contribution is 2.37. The number of thiophene rings is 1. The Kier molecular flexibility index (Phi) is 5.55. The molecule has 1 amide bonds. The van der Waals surface area contributed by atoms with Crippen LogP contribution in [0.1, 0.15) is 46.0 Å². The first-order chi connectivity index (χ1) is 13.0. The van der Waals surface area contributed by atoms with Gasteiger partial charge >= 0.3 is 0 Å². The second-order valence-electron chi connectivity index (χ2n) is 7.68. The molecule has 0 unspecified atom stereocenters. The zero-order valence-electron chi connectivity index (χ0n) is 15.6. The van der Waals surface area contributed by atoms with E-state index in [1.807, 2.05) is 11.8 Å². The molecule has 1 atom stereocenters. The Labute approximate surface area is 169 Å². The molecule has 4 rings (SSSR count). The summed E-state index contributed by atoms with van der Waals surface area (Å²) in [6.45, 7) is 5.52. The SMILES string of the molecule is Cc1cc(-c2ccc(C3CCNCC3)c(Cl)c2)sc1C(=O)N1CC[C@H](N)C1. The molecule has 4 nitrogen and oxygen atoms in total. The quantitative estimate of drug-likeness (QED) is 0.813. The number of hydrogen-bond donors (Lipinski definition) is 2. The van der Waals surface area contributed by atoms with E-state index in [1.54, 1.807) is 11.3 Å². The summed E-state index contributed by atoms with van der Waals surface area (Å²) in [6.07, 6.45) is 3.15. The number of halogens is 1. The molecule has 0 bridgehead atoms. The summed E-state index contributed by atoms with van der Waals surface area (Å²) in [5.74, 6) is 0.642. The van der Waals surface area contributed by atoms with Crippen LogP contribution in [0.2, 0.25) is 5.02 Å². The van der Waals surface area contributed by atoms with Gasteiger partial charge in [0.25, 0.3) is 5.91 Å². The number of carbonyl (C=O) groups is 1. The fourth-order valence-electron chi connectivity index (χ4n) is 4.10. The molecule has 6 heteroatoms. The second-order valence-corrected chi connectivity index (χ2v) is 9.14. The van der Waals surface area contributed by atoms with E-state index in [-0.39, 0.29) is 11.9 Å². The Morgan fingerprint density at radius 3 is 2.70 bits per heavy atom. The molecule has 0 radical (unpaired) electrons. The van der Waals surface area contributed by atoms with Crippen molar-refractivity contribution in [2.45, 2.75) is 38.1 Å². The van der Waals surface area contributed by atoms with E-state index in [2.05, 4.69) is 29.6 Å². The topological polar surface area (TPSA) is 58.4 Å². The third kappa shape index (κ3) is 3.92. The van der Waals surface area contributed by atoms with Gasteiger partial charge in [-0.25, -0.2) is 0 Å². The van der Waals surface area contributed by atoms with Gasteiger partial charge in [-0.15, -0.1) is 11.3 Å². The lowest BCUT2D eigenvalue weighted by Crippen LogP contribution is -2.31. The van der Waals surface area contributed by atoms with Gasteiger partial charge < -0.3 is 16.0 Å². The van der Waals surface area contributed by atoms with Crippen molar-refractivity contribution >= 4 is 28.8 Å². The molecule has 2 aromatic rings. The van der Waals surface area contributed by atoms with Gasteiger partial charge in [-0.2, -0.15) is 0 Å². The van der Waals surface area contributed by atoms with E-state index in [9.17, 15) is 4.79 Å². The van der Waals surface area contributed by atoms with Crippen LogP contribution in [0.4, 0.5) is 0 Å². The maximum Gasteiger partial charge on any atom is 0.264 e. The van der Waals surface area contributed by atoms with Crippen LogP contribution in [0.25, 0.3) is 10.4 Å². The number of carbonyl (C=O) groups excluding carboxylic acids is 1. The molecule has 2 aliphatic heterocycles. The lowest BCUT2D eigenvalue weighted by Gasteiger charge is -2.24. The van der Waals surface area contributed by atoms with Crippen LogP contribution < -0.4 is 11.1 Å². The number of rotatable bonds is 3. The van der Waals surface area contributed by atoms with Gasteiger partial charge in [0.2, 0.25) is 0 Å². The first kappa shape index (κ1) is 18.9. The number of hydrogen-bond acceptors (Lipinski definition) is 4. The summed E-state index contributed by atoms with van der Waals surface area (Å²) in [4.78, 5) is 16.6. The lowest BCUT2D eigenvalue weighted by atomic mass is 9.89. The van der Waals surface area contributed by atoms with E-state index in [1.165, 1.54) is 5.56 Å². The van der Waals surface area contributed by atoms with Crippen molar-refractivity contribution in [1.29, 1.82) is 0 Å². The molecule has 3 N–H and O–H groups in total. The molecule has 2 aliphatic rings. The summed E-state index contributed by atoms with van der Waals surface area (Å²) in [5, 5.41) is 4.24. The minimum atomic E-state index is 0.106. The smallest absolute Gasteiger partial charge is 0.264 e. The highest BCUT2D eigenvalue weighted by atomic mass is 35.5. The maximum absolute atomic E-state index is 12.8. The van der Waals surface area contributed by atoms with Gasteiger partial charge in [-0.05, 0) is 74.0 Å². The zero-order valence-corrected chi connectivity index (χ0v) is 17.2.